The van der Waals surface area contributed by atoms with Gasteiger partial charge in [-0.25, -0.2) is 0 Å². The lowest BCUT2D eigenvalue weighted by molar-refractivity contribution is 0.180. The Balaban J connectivity index is 2.07. The Bertz CT molecular complexity index is 383. The van der Waals surface area contributed by atoms with Crippen LogP contribution in [0.1, 0.15) is 44.2 Å². The standard InChI is InChI=1S/C16H24BrN/c1-3-9-18(10-4-2)16-8-6-13-11-15(17)7-5-14(13)12-16/h5,7,11,16H,3-4,6,8-10,12H2,1-2H3. The molecule has 1 nitrogen and oxygen atoms in total. The lowest BCUT2D eigenvalue weighted by Gasteiger charge is -2.35. The van der Waals surface area contributed by atoms with Gasteiger partial charge in [-0.15, -0.1) is 0 Å². The molecule has 0 spiro atoms. The molecule has 0 aliphatic heterocycles. The molecular formula is C16H24BrN. The molecule has 1 aromatic carbocycles. The second kappa shape index (κ2) is 6.72. The number of halogens is 1. The highest BCUT2D eigenvalue weighted by molar-refractivity contribution is 9.10. The summed E-state index contributed by atoms with van der Waals surface area (Å²) in [7, 11) is 0. The maximum Gasteiger partial charge on any atom is 0.0178 e. The Hall–Kier alpha value is -0.340. The van der Waals surface area contributed by atoms with Crippen LogP contribution in [0, 0.1) is 0 Å². The van der Waals surface area contributed by atoms with Crippen LogP contribution >= 0.6 is 15.9 Å². The number of benzene rings is 1. The van der Waals surface area contributed by atoms with Crippen molar-refractivity contribution in [2.75, 3.05) is 13.1 Å². The minimum absolute atomic E-state index is 0.763. The Morgan fingerprint density at radius 2 is 1.89 bits per heavy atom. The summed E-state index contributed by atoms with van der Waals surface area (Å²) < 4.78 is 1.22. The largest absolute Gasteiger partial charge is 0.300 e. The Kier molecular flexibility index (Phi) is 5.25. The van der Waals surface area contributed by atoms with Crippen molar-refractivity contribution in [3.63, 3.8) is 0 Å². The van der Waals surface area contributed by atoms with E-state index in [1.54, 1.807) is 11.1 Å². The third-order valence-electron chi connectivity index (χ3n) is 3.91. The first-order valence-corrected chi connectivity index (χ1v) is 8.05. The first-order valence-electron chi connectivity index (χ1n) is 7.26. The molecule has 0 radical (unpaired) electrons. The summed E-state index contributed by atoms with van der Waals surface area (Å²) in [4.78, 5) is 2.70. The van der Waals surface area contributed by atoms with E-state index in [1.165, 1.54) is 49.7 Å². The van der Waals surface area contributed by atoms with Crippen LogP contribution in [-0.2, 0) is 12.8 Å². The van der Waals surface area contributed by atoms with Gasteiger partial charge in [0.05, 0.1) is 0 Å². The topological polar surface area (TPSA) is 3.24 Å². The van der Waals surface area contributed by atoms with Crippen LogP contribution in [0.3, 0.4) is 0 Å². The number of nitrogens with zero attached hydrogens (tertiary/aromatic N) is 1. The van der Waals surface area contributed by atoms with Crippen molar-refractivity contribution in [1.29, 1.82) is 0 Å². The number of hydrogen-bond donors (Lipinski definition) is 0. The lowest BCUT2D eigenvalue weighted by atomic mass is 9.87. The Labute approximate surface area is 120 Å². The summed E-state index contributed by atoms with van der Waals surface area (Å²) in [6.45, 7) is 7.09. The van der Waals surface area contributed by atoms with Crippen molar-refractivity contribution >= 4 is 15.9 Å². The van der Waals surface area contributed by atoms with Crippen LogP contribution in [0.15, 0.2) is 22.7 Å². The number of hydrogen-bond acceptors (Lipinski definition) is 1. The molecule has 18 heavy (non-hydrogen) atoms. The quantitative estimate of drug-likeness (QED) is 0.778. The second-order valence-electron chi connectivity index (χ2n) is 5.35. The highest BCUT2D eigenvalue weighted by Crippen LogP contribution is 2.27. The van der Waals surface area contributed by atoms with Gasteiger partial charge in [-0.2, -0.15) is 0 Å². The van der Waals surface area contributed by atoms with Gasteiger partial charge in [0.15, 0.2) is 0 Å². The predicted octanol–water partition coefficient (Wildman–Crippen LogP) is 4.43. The van der Waals surface area contributed by atoms with E-state index in [0.29, 0.717) is 0 Å². The van der Waals surface area contributed by atoms with Crippen LogP contribution in [0.4, 0.5) is 0 Å². The molecule has 1 atom stereocenters. The summed E-state index contributed by atoms with van der Waals surface area (Å²) in [5, 5.41) is 0. The van der Waals surface area contributed by atoms with E-state index in [1.807, 2.05) is 0 Å². The van der Waals surface area contributed by atoms with Crippen molar-refractivity contribution in [1.82, 2.24) is 4.90 Å². The normalized spacial score (nSPS) is 19.0. The molecule has 0 aromatic heterocycles. The molecule has 0 saturated carbocycles. The van der Waals surface area contributed by atoms with Crippen LogP contribution < -0.4 is 0 Å². The SMILES string of the molecule is CCCN(CCC)C1CCc2cc(Br)ccc2C1. The van der Waals surface area contributed by atoms with E-state index < -0.39 is 0 Å². The molecule has 1 aliphatic carbocycles. The molecule has 0 N–H and O–H groups in total. The molecule has 2 heteroatoms. The molecule has 0 heterocycles. The molecule has 2 rings (SSSR count). The highest BCUT2D eigenvalue weighted by atomic mass is 79.9. The van der Waals surface area contributed by atoms with E-state index in [0.717, 1.165) is 6.04 Å². The van der Waals surface area contributed by atoms with E-state index in [2.05, 4.69) is 52.9 Å². The van der Waals surface area contributed by atoms with Crippen molar-refractivity contribution in [3.05, 3.63) is 33.8 Å². The third-order valence-corrected chi connectivity index (χ3v) is 4.40. The minimum Gasteiger partial charge on any atom is -0.300 e. The van der Waals surface area contributed by atoms with Crippen LogP contribution in [0.5, 0.6) is 0 Å². The van der Waals surface area contributed by atoms with Gasteiger partial charge >= 0.3 is 0 Å². The van der Waals surface area contributed by atoms with E-state index >= 15 is 0 Å². The zero-order valence-corrected chi connectivity index (χ0v) is 13.2. The molecule has 1 unspecified atom stereocenters. The van der Waals surface area contributed by atoms with Gasteiger partial charge in [-0.1, -0.05) is 35.8 Å². The van der Waals surface area contributed by atoms with Gasteiger partial charge in [-0.05, 0) is 68.5 Å². The fraction of sp³-hybridized carbons (Fsp3) is 0.625. The second-order valence-corrected chi connectivity index (χ2v) is 6.26. The zero-order valence-electron chi connectivity index (χ0n) is 11.6. The van der Waals surface area contributed by atoms with Gasteiger partial charge in [-0.3, -0.25) is 0 Å². The Morgan fingerprint density at radius 1 is 1.17 bits per heavy atom. The summed E-state index contributed by atoms with van der Waals surface area (Å²) >= 11 is 3.57. The summed E-state index contributed by atoms with van der Waals surface area (Å²) in [5.41, 5.74) is 3.11. The number of rotatable bonds is 5. The first-order chi connectivity index (χ1) is 8.74. The predicted molar refractivity (Wildman–Crippen MR) is 82.1 cm³/mol. The third kappa shape index (κ3) is 3.36. The van der Waals surface area contributed by atoms with E-state index in [4.69, 9.17) is 0 Å². The monoisotopic (exact) mass is 309 g/mol. The smallest absolute Gasteiger partial charge is 0.0178 e. The molecular weight excluding hydrogens is 286 g/mol. The van der Waals surface area contributed by atoms with Crippen molar-refractivity contribution < 1.29 is 0 Å². The van der Waals surface area contributed by atoms with Crippen LogP contribution in [-0.4, -0.2) is 24.0 Å². The molecule has 1 aromatic rings. The highest BCUT2D eigenvalue weighted by Gasteiger charge is 2.23. The van der Waals surface area contributed by atoms with Crippen LogP contribution in [0.2, 0.25) is 0 Å². The van der Waals surface area contributed by atoms with Gasteiger partial charge in [0.2, 0.25) is 0 Å². The molecule has 0 fully saturated rings. The van der Waals surface area contributed by atoms with Gasteiger partial charge in [0, 0.05) is 10.5 Å². The number of aryl methyl sites for hydroxylation is 1. The fourth-order valence-electron chi connectivity index (χ4n) is 3.07. The van der Waals surface area contributed by atoms with Crippen LogP contribution in [0.25, 0.3) is 0 Å². The van der Waals surface area contributed by atoms with Crippen molar-refractivity contribution in [2.24, 2.45) is 0 Å². The lowest BCUT2D eigenvalue weighted by Crippen LogP contribution is -2.40. The summed E-state index contributed by atoms with van der Waals surface area (Å²) in [6, 6.07) is 7.56. The minimum atomic E-state index is 0.763. The maximum atomic E-state index is 3.57. The molecule has 0 saturated heterocycles. The van der Waals surface area contributed by atoms with Gasteiger partial charge in [0.25, 0.3) is 0 Å². The average molecular weight is 310 g/mol. The maximum absolute atomic E-state index is 3.57. The average Bonchev–Trinajstić information content (AvgIpc) is 2.38. The summed E-state index contributed by atoms with van der Waals surface area (Å²) in [5.74, 6) is 0. The van der Waals surface area contributed by atoms with Gasteiger partial charge < -0.3 is 4.90 Å². The van der Waals surface area contributed by atoms with Crippen molar-refractivity contribution in [3.8, 4) is 0 Å². The first kappa shape index (κ1) is 14.1. The Morgan fingerprint density at radius 3 is 2.56 bits per heavy atom. The molecule has 100 valence electrons. The van der Waals surface area contributed by atoms with Gasteiger partial charge in [0.1, 0.15) is 0 Å². The molecule has 1 aliphatic rings. The molecule has 0 amide bonds. The van der Waals surface area contributed by atoms with Crippen molar-refractivity contribution in [2.45, 2.75) is 52.0 Å². The van der Waals surface area contributed by atoms with E-state index in [-0.39, 0.29) is 0 Å². The summed E-state index contributed by atoms with van der Waals surface area (Å²) in [6.07, 6.45) is 6.34. The fourth-order valence-corrected chi connectivity index (χ4v) is 3.48. The zero-order chi connectivity index (χ0) is 13.0. The number of fused-ring (bicyclic) bond motifs is 1. The van der Waals surface area contributed by atoms with E-state index in [9.17, 15) is 0 Å². The molecule has 0 bridgehead atoms.